The third-order valence-electron chi connectivity index (χ3n) is 2.72. The summed E-state index contributed by atoms with van der Waals surface area (Å²) in [6, 6.07) is 4.50. The summed E-state index contributed by atoms with van der Waals surface area (Å²) in [5.41, 5.74) is 0.823. The van der Waals surface area contributed by atoms with E-state index in [1.54, 1.807) is 19.1 Å². The number of amides is 1. The highest BCUT2D eigenvalue weighted by atomic mass is 79.9. The van der Waals surface area contributed by atoms with Crippen LogP contribution in [0.15, 0.2) is 18.2 Å². The third-order valence-corrected chi connectivity index (χ3v) is 3.10. The summed E-state index contributed by atoms with van der Waals surface area (Å²) in [5.74, 6) is -0.288. The minimum absolute atomic E-state index is 0.00207. The molecule has 0 aliphatic rings. The van der Waals surface area contributed by atoms with Gasteiger partial charge in [-0.05, 0) is 26.3 Å². The molecule has 0 spiro atoms. The van der Waals surface area contributed by atoms with Crippen LogP contribution in [0, 0.1) is 17.0 Å². The van der Waals surface area contributed by atoms with E-state index in [2.05, 4.69) is 21.2 Å². The Morgan fingerprint density at radius 1 is 1.47 bits per heavy atom. The molecule has 1 rings (SSSR count). The van der Waals surface area contributed by atoms with E-state index in [4.69, 9.17) is 0 Å². The van der Waals surface area contributed by atoms with Gasteiger partial charge in [-0.3, -0.25) is 14.9 Å². The molecule has 19 heavy (non-hydrogen) atoms. The molecule has 2 atom stereocenters. The Balaban J connectivity index is 2.83. The molecule has 0 bridgehead atoms. The molecule has 2 unspecified atom stereocenters. The van der Waals surface area contributed by atoms with E-state index >= 15 is 0 Å². The number of carbonyl (C=O) groups is 1. The average molecular weight is 329 g/mol. The van der Waals surface area contributed by atoms with Crippen molar-refractivity contribution < 1.29 is 9.72 Å². The lowest BCUT2D eigenvalue weighted by Crippen LogP contribution is -2.33. The fraction of sp³-hybridized carbons (Fsp3) is 0.462. The minimum atomic E-state index is -0.476. The zero-order chi connectivity index (χ0) is 14.6. The fourth-order valence-electron chi connectivity index (χ4n) is 1.80. The van der Waals surface area contributed by atoms with Gasteiger partial charge in [0.05, 0.1) is 4.92 Å². The fourth-order valence-corrected chi connectivity index (χ4v) is 2.36. The number of halogens is 1. The van der Waals surface area contributed by atoms with Gasteiger partial charge in [-0.2, -0.15) is 0 Å². The highest BCUT2D eigenvalue weighted by molar-refractivity contribution is 9.09. The Hall–Kier alpha value is -1.43. The van der Waals surface area contributed by atoms with Crippen molar-refractivity contribution >= 4 is 27.5 Å². The molecule has 0 aliphatic heterocycles. The van der Waals surface area contributed by atoms with Gasteiger partial charge in [-0.25, -0.2) is 0 Å². The van der Waals surface area contributed by atoms with Crippen LogP contribution in [0.5, 0.6) is 0 Å². The lowest BCUT2D eigenvalue weighted by Gasteiger charge is -2.15. The zero-order valence-electron chi connectivity index (χ0n) is 11.1. The molecule has 1 N–H and O–H groups in total. The number of benzene rings is 1. The maximum atomic E-state index is 12.0. The Morgan fingerprint density at radius 3 is 2.63 bits per heavy atom. The molecule has 0 radical (unpaired) electrons. The molecule has 0 saturated carbocycles. The second-order valence-corrected chi connectivity index (χ2v) is 6.21. The topological polar surface area (TPSA) is 72.2 Å². The normalized spacial score (nSPS) is 13.7. The van der Waals surface area contributed by atoms with Gasteiger partial charge in [-0.1, -0.05) is 28.9 Å². The maximum Gasteiger partial charge on any atom is 0.273 e. The van der Waals surface area contributed by atoms with Gasteiger partial charge in [0.15, 0.2) is 0 Å². The first kappa shape index (κ1) is 15.6. The van der Waals surface area contributed by atoms with E-state index in [1.165, 1.54) is 6.07 Å². The summed E-state index contributed by atoms with van der Waals surface area (Å²) < 4.78 is 0. The Bertz CT molecular complexity index is 489. The molecule has 5 nitrogen and oxygen atoms in total. The Kier molecular flexibility index (Phi) is 5.47. The number of carbonyl (C=O) groups excluding carboxylic acids is 1. The Morgan fingerprint density at radius 2 is 2.11 bits per heavy atom. The molecular formula is C13H17BrN2O3. The predicted molar refractivity (Wildman–Crippen MR) is 77.8 cm³/mol. The third kappa shape index (κ3) is 4.63. The van der Waals surface area contributed by atoms with E-state index in [0.717, 1.165) is 6.42 Å². The highest BCUT2D eigenvalue weighted by Gasteiger charge is 2.16. The lowest BCUT2D eigenvalue weighted by atomic mass is 10.1. The van der Waals surface area contributed by atoms with Crippen molar-refractivity contribution in [2.24, 2.45) is 0 Å². The first-order valence-corrected chi connectivity index (χ1v) is 6.92. The van der Waals surface area contributed by atoms with Gasteiger partial charge < -0.3 is 5.32 Å². The summed E-state index contributed by atoms with van der Waals surface area (Å²) in [5, 5.41) is 13.7. The summed E-state index contributed by atoms with van der Waals surface area (Å²) in [6.07, 6.45) is 0.791. The summed E-state index contributed by atoms with van der Waals surface area (Å²) in [4.78, 5) is 22.6. The van der Waals surface area contributed by atoms with Crippen LogP contribution in [-0.2, 0) is 0 Å². The van der Waals surface area contributed by atoms with Crippen LogP contribution in [0.1, 0.15) is 36.2 Å². The number of nitrogens with one attached hydrogen (secondary N) is 1. The van der Waals surface area contributed by atoms with Gasteiger partial charge >= 0.3 is 0 Å². The number of nitro groups is 1. The van der Waals surface area contributed by atoms with Crippen molar-refractivity contribution in [3.05, 3.63) is 39.4 Å². The van der Waals surface area contributed by atoms with Crippen LogP contribution in [0.4, 0.5) is 5.69 Å². The first-order valence-electron chi connectivity index (χ1n) is 6.01. The highest BCUT2D eigenvalue weighted by Crippen LogP contribution is 2.19. The minimum Gasteiger partial charge on any atom is -0.350 e. The Labute approximate surface area is 120 Å². The molecule has 0 fully saturated rings. The van der Waals surface area contributed by atoms with Gasteiger partial charge in [0.2, 0.25) is 0 Å². The van der Waals surface area contributed by atoms with Crippen LogP contribution in [0.2, 0.25) is 0 Å². The standard InChI is InChI=1S/C13H17BrN2O3/c1-8-4-5-11(7-12(8)16(18)19)13(17)15-10(3)6-9(2)14/h4-5,7,9-10H,6H2,1-3H3,(H,15,17). The number of alkyl halides is 1. The molecule has 1 amide bonds. The predicted octanol–water partition coefficient (Wildman–Crippen LogP) is 3.20. The number of rotatable bonds is 5. The van der Waals surface area contributed by atoms with E-state index in [1.807, 2.05) is 13.8 Å². The van der Waals surface area contributed by atoms with Gasteiger partial charge in [-0.15, -0.1) is 0 Å². The lowest BCUT2D eigenvalue weighted by molar-refractivity contribution is -0.385. The van der Waals surface area contributed by atoms with E-state index in [0.29, 0.717) is 16.0 Å². The number of hydrogen-bond acceptors (Lipinski definition) is 3. The van der Waals surface area contributed by atoms with Gasteiger partial charge in [0.1, 0.15) is 0 Å². The van der Waals surface area contributed by atoms with Gasteiger partial charge in [0, 0.05) is 28.1 Å². The molecule has 104 valence electrons. The molecule has 0 saturated heterocycles. The van der Waals surface area contributed by atoms with Crippen molar-refractivity contribution in [3.8, 4) is 0 Å². The number of nitro benzene ring substituents is 1. The molecule has 1 aromatic rings. The van der Waals surface area contributed by atoms with Crippen LogP contribution in [0.25, 0.3) is 0 Å². The first-order chi connectivity index (χ1) is 8.81. The summed E-state index contributed by atoms with van der Waals surface area (Å²) in [6.45, 7) is 5.55. The van der Waals surface area contributed by atoms with Crippen molar-refractivity contribution in [2.45, 2.75) is 38.1 Å². The smallest absolute Gasteiger partial charge is 0.273 e. The van der Waals surface area contributed by atoms with Gasteiger partial charge in [0.25, 0.3) is 11.6 Å². The molecule has 0 aliphatic carbocycles. The number of nitrogens with zero attached hydrogens (tertiary/aromatic N) is 1. The largest absolute Gasteiger partial charge is 0.350 e. The SMILES string of the molecule is Cc1ccc(C(=O)NC(C)CC(C)Br)cc1[N+](=O)[O-]. The monoisotopic (exact) mass is 328 g/mol. The average Bonchev–Trinajstić information content (AvgIpc) is 2.27. The van der Waals surface area contributed by atoms with Crippen molar-refractivity contribution in [2.75, 3.05) is 0 Å². The molecular weight excluding hydrogens is 312 g/mol. The molecule has 0 aromatic heterocycles. The molecule has 0 heterocycles. The van der Waals surface area contributed by atoms with E-state index < -0.39 is 4.92 Å². The van der Waals surface area contributed by atoms with Crippen LogP contribution in [0.3, 0.4) is 0 Å². The van der Waals surface area contributed by atoms with Crippen LogP contribution in [-0.4, -0.2) is 21.7 Å². The van der Waals surface area contributed by atoms with Crippen LogP contribution < -0.4 is 5.32 Å². The summed E-state index contributed by atoms with van der Waals surface area (Å²) in [7, 11) is 0. The quantitative estimate of drug-likeness (QED) is 0.512. The molecule has 6 heteroatoms. The zero-order valence-corrected chi connectivity index (χ0v) is 12.7. The number of hydrogen-bond donors (Lipinski definition) is 1. The van der Waals surface area contributed by atoms with E-state index in [9.17, 15) is 14.9 Å². The molecule has 1 aromatic carbocycles. The summed E-state index contributed by atoms with van der Waals surface area (Å²) >= 11 is 3.42. The second kappa shape index (κ2) is 6.65. The maximum absolute atomic E-state index is 12.0. The van der Waals surface area contributed by atoms with Crippen molar-refractivity contribution in [1.29, 1.82) is 0 Å². The number of aryl methyl sites for hydroxylation is 1. The van der Waals surface area contributed by atoms with Crippen LogP contribution >= 0.6 is 15.9 Å². The van der Waals surface area contributed by atoms with E-state index in [-0.39, 0.29) is 17.6 Å². The second-order valence-electron chi connectivity index (χ2n) is 4.65. The van der Waals surface area contributed by atoms with Crippen molar-refractivity contribution in [1.82, 2.24) is 5.32 Å². The van der Waals surface area contributed by atoms with Crippen molar-refractivity contribution in [3.63, 3.8) is 0 Å².